The largest absolute Gasteiger partial charge is 0.378 e. The van der Waals surface area contributed by atoms with Crippen molar-refractivity contribution in [2.24, 2.45) is 11.8 Å². The summed E-state index contributed by atoms with van der Waals surface area (Å²) in [6, 6.07) is 20.0. The molecule has 0 spiro atoms. The van der Waals surface area contributed by atoms with Gasteiger partial charge in [-0.3, -0.25) is 9.69 Å². The highest BCUT2D eigenvalue weighted by Crippen LogP contribution is 2.31. The zero-order valence-electron chi connectivity index (χ0n) is 21.8. The molecular weight excluding hydrogens is 448 g/mol. The maximum Gasteiger partial charge on any atom is 0.222 e. The molecule has 3 fully saturated rings. The highest BCUT2D eigenvalue weighted by atomic mass is 16.5. The van der Waals surface area contributed by atoms with Gasteiger partial charge in [-0.2, -0.15) is 0 Å². The Hall–Kier alpha value is -2.41. The lowest BCUT2D eigenvalue weighted by Crippen LogP contribution is -2.55. The molecule has 6 nitrogen and oxygen atoms in total. The summed E-state index contributed by atoms with van der Waals surface area (Å²) in [4.78, 5) is 19.7. The summed E-state index contributed by atoms with van der Waals surface area (Å²) < 4.78 is 5.45. The number of benzene rings is 2. The van der Waals surface area contributed by atoms with E-state index in [-0.39, 0.29) is 5.91 Å². The normalized spacial score (nSPS) is 24.5. The molecule has 2 bridgehead atoms. The zero-order valence-corrected chi connectivity index (χ0v) is 21.8. The maximum atomic E-state index is 12.8. The molecular formula is C30H42N4O2. The van der Waals surface area contributed by atoms with E-state index in [1.807, 2.05) is 11.9 Å². The Morgan fingerprint density at radius 1 is 1.03 bits per heavy atom. The van der Waals surface area contributed by atoms with Crippen LogP contribution in [0.4, 0.5) is 5.69 Å². The predicted octanol–water partition coefficient (Wildman–Crippen LogP) is 3.76. The average Bonchev–Trinajstić information content (AvgIpc) is 2.91. The van der Waals surface area contributed by atoms with E-state index in [4.69, 9.17) is 4.74 Å². The molecule has 0 saturated carbocycles. The van der Waals surface area contributed by atoms with Gasteiger partial charge in [0.05, 0.1) is 13.2 Å². The van der Waals surface area contributed by atoms with Crippen LogP contribution in [0.2, 0.25) is 0 Å². The minimum absolute atomic E-state index is 0.246. The summed E-state index contributed by atoms with van der Waals surface area (Å²) in [5.74, 6) is 1.69. The first-order valence-electron chi connectivity index (χ1n) is 13.8. The van der Waals surface area contributed by atoms with Gasteiger partial charge in [-0.1, -0.05) is 42.5 Å². The number of carbonyl (C=O) groups excluding carboxylic acids is 1. The summed E-state index contributed by atoms with van der Waals surface area (Å²) in [7, 11) is 1.93. The summed E-state index contributed by atoms with van der Waals surface area (Å²) in [6.45, 7) is 8.67. The molecule has 2 aromatic carbocycles. The fourth-order valence-electron chi connectivity index (χ4n) is 6.24. The Kier molecular flexibility index (Phi) is 8.57. The van der Waals surface area contributed by atoms with Crippen molar-refractivity contribution in [3.63, 3.8) is 0 Å². The molecule has 3 aliphatic heterocycles. The van der Waals surface area contributed by atoms with Crippen LogP contribution >= 0.6 is 0 Å². The highest BCUT2D eigenvalue weighted by Gasteiger charge is 2.36. The van der Waals surface area contributed by atoms with E-state index in [1.54, 1.807) is 0 Å². The Morgan fingerprint density at radius 2 is 1.81 bits per heavy atom. The van der Waals surface area contributed by atoms with Crippen molar-refractivity contribution < 1.29 is 9.53 Å². The number of amides is 1. The molecule has 2 aromatic rings. The van der Waals surface area contributed by atoms with E-state index in [0.29, 0.717) is 24.9 Å². The minimum atomic E-state index is 0.246. The number of piperidine rings is 2. The molecule has 3 atom stereocenters. The second kappa shape index (κ2) is 12.2. The number of nitrogens with one attached hydrogen (secondary N) is 1. The van der Waals surface area contributed by atoms with Crippen molar-refractivity contribution in [2.45, 2.75) is 44.8 Å². The van der Waals surface area contributed by atoms with Gasteiger partial charge in [0, 0.05) is 64.5 Å². The molecule has 5 rings (SSSR count). The number of rotatable bonds is 9. The summed E-state index contributed by atoms with van der Waals surface area (Å²) in [5.41, 5.74) is 3.83. The van der Waals surface area contributed by atoms with Crippen LogP contribution in [-0.4, -0.2) is 74.7 Å². The second-order valence-electron chi connectivity index (χ2n) is 11.0. The van der Waals surface area contributed by atoms with Crippen LogP contribution in [0, 0.1) is 11.8 Å². The number of ether oxygens (including phenoxy) is 1. The quantitative estimate of drug-likeness (QED) is 0.580. The van der Waals surface area contributed by atoms with Gasteiger partial charge in [0.1, 0.15) is 0 Å². The Bertz CT molecular complexity index is 961. The first-order valence-corrected chi connectivity index (χ1v) is 13.8. The highest BCUT2D eigenvalue weighted by molar-refractivity contribution is 5.75. The third kappa shape index (κ3) is 6.67. The van der Waals surface area contributed by atoms with Gasteiger partial charge in [-0.05, 0) is 60.9 Å². The third-order valence-corrected chi connectivity index (χ3v) is 8.20. The number of anilines is 1. The summed E-state index contributed by atoms with van der Waals surface area (Å²) >= 11 is 0. The molecule has 3 aliphatic rings. The number of hydrogen-bond donors (Lipinski definition) is 1. The van der Waals surface area contributed by atoms with E-state index in [1.165, 1.54) is 29.8 Å². The van der Waals surface area contributed by atoms with Gasteiger partial charge in [0.15, 0.2) is 0 Å². The van der Waals surface area contributed by atoms with E-state index in [2.05, 4.69) is 69.7 Å². The van der Waals surface area contributed by atoms with Crippen LogP contribution in [0.5, 0.6) is 0 Å². The lowest BCUT2D eigenvalue weighted by Gasteiger charge is -2.46. The number of likely N-dealkylation sites (tertiary alicyclic amines) is 1. The van der Waals surface area contributed by atoms with Crippen LogP contribution in [-0.2, 0) is 22.6 Å². The molecule has 36 heavy (non-hydrogen) atoms. The first-order chi connectivity index (χ1) is 17.6. The maximum absolute atomic E-state index is 12.8. The Balaban J connectivity index is 1.05. The molecule has 1 amide bonds. The third-order valence-electron chi connectivity index (χ3n) is 8.20. The van der Waals surface area contributed by atoms with E-state index >= 15 is 0 Å². The van der Waals surface area contributed by atoms with Crippen molar-refractivity contribution in [2.75, 3.05) is 57.9 Å². The van der Waals surface area contributed by atoms with E-state index in [0.717, 1.165) is 64.7 Å². The molecule has 194 valence electrons. The van der Waals surface area contributed by atoms with Gasteiger partial charge in [-0.25, -0.2) is 0 Å². The molecule has 0 aromatic heterocycles. The predicted molar refractivity (Wildman–Crippen MR) is 145 cm³/mol. The SMILES string of the molecule is CN(Cc1ccc(N2CCOCC2)cc1)C(=O)CCC[C@H]1NC[C@@H]2C[C@H]1CN(Cc1ccccc1)C2. The zero-order chi connectivity index (χ0) is 24.7. The monoisotopic (exact) mass is 490 g/mol. The fraction of sp³-hybridized carbons (Fsp3) is 0.567. The van der Waals surface area contributed by atoms with Crippen LogP contribution in [0.15, 0.2) is 54.6 Å². The topological polar surface area (TPSA) is 48.1 Å². The molecule has 0 aliphatic carbocycles. The number of morpholine rings is 1. The molecule has 3 saturated heterocycles. The van der Waals surface area contributed by atoms with E-state index in [9.17, 15) is 4.79 Å². The van der Waals surface area contributed by atoms with Crippen molar-refractivity contribution in [1.82, 2.24) is 15.1 Å². The molecule has 3 heterocycles. The van der Waals surface area contributed by atoms with Crippen LogP contribution < -0.4 is 10.2 Å². The summed E-state index contributed by atoms with van der Waals surface area (Å²) in [6.07, 6.45) is 4.00. The average molecular weight is 491 g/mol. The van der Waals surface area contributed by atoms with Crippen molar-refractivity contribution in [3.05, 3.63) is 65.7 Å². The molecule has 6 heteroatoms. The smallest absolute Gasteiger partial charge is 0.222 e. The van der Waals surface area contributed by atoms with Crippen LogP contribution in [0.1, 0.15) is 36.8 Å². The standard InChI is InChI=1S/C30H42N4O2/c1-32(20-25-10-12-28(13-11-25)34-14-16-36-17-15-34)30(35)9-5-8-29-27-18-26(19-31-29)22-33(23-27)21-24-6-3-2-4-7-24/h2-4,6-7,10-13,26-27,29,31H,5,8-9,14-23H2,1H3/t26-,27-,29+/m0/s1. The number of nitrogens with zero attached hydrogens (tertiary/aromatic N) is 3. The number of carbonyl (C=O) groups is 1. The van der Waals surface area contributed by atoms with Crippen LogP contribution in [0.25, 0.3) is 0 Å². The molecule has 1 N–H and O–H groups in total. The van der Waals surface area contributed by atoms with Crippen LogP contribution in [0.3, 0.4) is 0 Å². The van der Waals surface area contributed by atoms with Gasteiger partial charge >= 0.3 is 0 Å². The second-order valence-corrected chi connectivity index (χ2v) is 11.0. The lowest BCUT2D eigenvalue weighted by atomic mass is 9.79. The Labute approximate surface area is 216 Å². The van der Waals surface area contributed by atoms with Gasteiger partial charge in [0.2, 0.25) is 5.91 Å². The Morgan fingerprint density at radius 3 is 2.58 bits per heavy atom. The number of hydrogen-bond acceptors (Lipinski definition) is 5. The van der Waals surface area contributed by atoms with Gasteiger partial charge in [0.25, 0.3) is 0 Å². The number of fused-ring (bicyclic) bond motifs is 2. The van der Waals surface area contributed by atoms with E-state index < -0.39 is 0 Å². The van der Waals surface area contributed by atoms with Gasteiger partial charge < -0.3 is 19.9 Å². The summed E-state index contributed by atoms with van der Waals surface area (Å²) in [5, 5.41) is 3.82. The fourth-order valence-corrected chi connectivity index (χ4v) is 6.24. The lowest BCUT2D eigenvalue weighted by molar-refractivity contribution is -0.130. The van der Waals surface area contributed by atoms with Crippen molar-refractivity contribution >= 4 is 11.6 Å². The van der Waals surface area contributed by atoms with Gasteiger partial charge in [-0.15, -0.1) is 0 Å². The molecule has 0 unspecified atom stereocenters. The first kappa shape index (κ1) is 25.2. The molecule has 0 radical (unpaired) electrons. The van der Waals surface area contributed by atoms with Crippen molar-refractivity contribution in [1.29, 1.82) is 0 Å². The minimum Gasteiger partial charge on any atom is -0.378 e. The van der Waals surface area contributed by atoms with Crippen molar-refractivity contribution in [3.8, 4) is 0 Å².